The zero-order valence-electron chi connectivity index (χ0n) is 23.2. The molecule has 0 unspecified atom stereocenters. The third-order valence-corrected chi connectivity index (χ3v) is 8.57. The van der Waals surface area contributed by atoms with Gasteiger partial charge in [-0.2, -0.15) is 5.26 Å². The summed E-state index contributed by atoms with van der Waals surface area (Å²) in [4.78, 5) is 8.93. The van der Waals surface area contributed by atoms with Crippen LogP contribution in [0.15, 0.2) is 54.9 Å². The van der Waals surface area contributed by atoms with Gasteiger partial charge in [0.2, 0.25) is 0 Å². The Hall–Kier alpha value is -4.06. The minimum Gasteiger partial charge on any atom is -0.493 e. The number of nitriles is 1. The fraction of sp³-hybridized carbons (Fsp3) is 0.344. The largest absolute Gasteiger partial charge is 0.493 e. The lowest BCUT2D eigenvalue weighted by atomic mass is 9.69. The first kappa shape index (κ1) is 27.1. The van der Waals surface area contributed by atoms with E-state index in [4.69, 9.17) is 25.8 Å². The van der Waals surface area contributed by atoms with Crippen LogP contribution in [-0.4, -0.2) is 36.3 Å². The summed E-state index contributed by atoms with van der Waals surface area (Å²) in [6.45, 7) is 4.57. The van der Waals surface area contributed by atoms with Crippen molar-refractivity contribution in [3.8, 4) is 23.3 Å². The fourth-order valence-corrected chi connectivity index (χ4v) is 5.86. The Morgan fingerprint density at radius 3 is 2.63 bits per heavy atom. The van der Waals surface area contributed by atoms with Crippen molar-refractivity contribution in [1.82, 2.24) is 15.3 Å². The average Bonchev–Trinajstić information content (AvgIpc) is 2.97. The van der Waals surface area contributed by atoms with Gasteiger partial charge in [0.15, 0.2) is 11.5 Å². The number of ether oxygens (including phenoxy) is 3. The van der Waals surface area contributed by atoms with Gasteiger partial charge in [-0.1, -0.05) is 17.7 Å². The lowest BCUT2D eigenvalue weighted by molar-refractivity contribution is 0.0411. The van der Waals surface area contributed by atoms with E-state index in [1.54, 1.807) is 25.6 Å². The molecule has 6 rings (SSSR count). The summed E-state index contributed by atoms with van der Waals surface area (Å²) in [5.74, 6) is 1.89. The van der Waals surface area contributed by atoms with E-state index in [1.807, 2.05) is 43.3 Å². The Balaban J connectivity index is 1.23. The number of nitrogens with one attached hydrogen (secondary N) is 2. The Kier molecular flexibility index (Phi) is 7.57. The van der Waals surface area contributed by atoms with Gasteiger partial charge in [-0.25, -0.2) is 0 Å². The Bertz CT molecular complexity index is 1620. The summed E-state index contributed by atoms with van der Waals surface area (Å²) in [5.41, 5.74) is 4.71. The van der Waals surface area contributed by atoms with Crippen molar-refractivity contribution < 1.29 is 14.2 Å². The molecule has 8 nitrogen and oxygen atoms in total. The van der Waals surface area contributed by atoms with Crippen LogP contribution >= 0.6 is 11.6 Å². The van der Waals surface area contributed by atoms with E-state index in [1.165, 1.54) is 12.8 Å². The van der Waals surface area contributed by atoms with Crippen LogP contribution in [0.5, 0.6) is 17.2 Å². The highest BCUT2D eigenvalue weighted by atomic mass is 35.5. The van der Waals surface area contributed by atoms with Crippen LogP contribution < -0.4 is 24.8 Å². The topological polar surface area (TPSA) is 101 Å². The number of hydrogen-bond donors (Lipinski definition) is 2. The molecule has 2 aromatic heterocycles. The summed E-state index contributed by atoms with van der Waals surface area (Å²) in [7, 11) is 1.63. The van der Waals surface area contributed by atoms with Gasteiger partial charge in [0.25, 0.3) is 0 Å². The van der Waals surface area contributed by atoms with Crippen molar-refractivity contribution in [2.45, 2.75) is 45.3 Å². The maximum Gasteiger partial charge on any atom is 0.163 e. The smallest absolute Gasteiger partial charge is 0.163 e. The summed E-state index contributed by atoms with van der Waals surface area (Å²) in [5, 5.41) is 17.8. The minimum atomic E-state index is 0.143. The third kappa shape index (κ3) is 5.61. The molecule has 2 fully saturated rings. The SMILES string of the molecule is COc1cc2c(Nc3ccc(OCc4ncccc4C)cc3Cl)c(C#N)cnc2cc1OC1CCC2(CC1)CNC2. The van der Waals surface area contributed by atoms with Gasteiger partial charge in [0.05, 0.1) is 46.4 Å². The second-order valence-corrected chi connectivity index (χ2v) is 11.3. The molecule has 210 valence electrons. The number of halogens is 1. The molecule has 9 heteroatoms. The summed E-state index contributed by atoms with van der Waals surface area (Å²) in [6.07, 6.45) is 7.85. The van der Waals surface area contributed by atoms with E-state index >= 15 is 0 Å². The molecule has 2 aliphatic rings. The quantitative estimate of drug-likeness (QED) is 0.241. The molecule has 1 spiro atoms. The molecular weight excluding hydrogens is 538 g/mol. The van der Waals surface area contributed by atoms with E-state index in [0.29, 0.717) is 56.7 Å². The third-order valence-electron chi connectivity index (χ3n) is 8.25. The maximum atomic E-state index is 9.89. The van der Waals surface area contributed by atoms with Gasteiger partial charge in [0.1, 0.15) is 18.4 Å². The minimum absolute atomic E-state index is 0.143. The molecule has 2 aromatic carbocycles. The Morgan fingerprint density at radius 1 is 1.12 bits per heavy atom. The molecule has 2 N–H and O–H groups in total. The molecule has 1 aliphatic carbocycles. The van der Waals surface area contributed by atoms with E-state index < -0.39 is 0 Å². The maximum absolute atomic E-state index is 9.89. The highest BCUT2D eigenvalue weighted by Crippen LogP contribution is 2.43. The number of benzene rings is 2. The highest BCUT2D eigenvalue weighted by Gasteiger charge is 2.40. The molecule has 3 heterocycles. The van der Waals surface area contributed by atoms with Crippen LogP contribution in [-0.2, 0) is 6.61 Å². The molecule has 0 atom stereocenters. The number of rotatable bonds is 8. The molecule has 0 amide bonds. The van der Waals surface area contributed by atoms with Gasteiger partial charge in [0, 0.05) is 43.0 Å². The number of anilines is 2. The van der Waals surface area contributed by atoms with Crippen LogP contribution in [0.3, 0.4) is 0 Å². The second-order valence-electron chi connectivity index (χ2n) is 10.9. The van der Waals surface area contributed by atoms with E-state index in [2.05, 4.69) is 26.7 Å². The van der Waals surface area contributed by atoms with Crippen LogP contribution in [0.25, 0.3) is 10.9 Å². The van der Waals surface area contributed by atoms with Crippen LogP contribution in [0.4, 0.5) is 11.4 Å². The number of hydrogen-bond acceptors (Lipinski definition) is 8. The molecule has 41 heavy (non-hydrogen) atoms. The fourth-order valence-electron chi connectivity index (χ4n) is 5.65. The predicted molar refractivity (Wildman–Crippen MR) is 159 cm³/mol. The molecular formula is C32H32ClN5O3. The normalized spacial score (nSPS) is 16.1. The monoisotopic (exact) mass is 569 g/mol. The van der Waals surface area contributed by atoms with E-state index in [-0.39, 0.29) is 6.10 Å². The zero-order valence-corrected chi connectivity index (χ0v) is 23.9. The van der Waals surface area contributed by atoms with E-state index in [9.17, 15) is 5.26 Å². The predicted octanol–water partition coefficient (Wildman–Crippen LogP) is 6.71. The number of aromatic nitrogens is 2. The van der Waals surface area contributed by atoms with Crippen molar-refractivity contribution in [3.05, 3.63) is 76.7 Å². The van der Waals surface area contributed by atoms with Crippen molar-refractivity contribution in [2.75, 3.05) is 25.5 Å². The van der Waals surface area contributed by atoms with Gasteiger partial charge in [-0.3, -0.25) is 9.97 Å². The Morgan fingerprint density at radius 2 is 1.95 bits per heavy atom. The van der Waals surface area contributed by atoms with Crippen molar-refractivity contribution in [2.24, 2.45) is 5.41 Å². The standard InChI is InChI=1S/C32H32ClN5O3/c1-20-4-3-11-36-28(20)17-40-23-5-6-26(25(33)12-23)38-31-21(15-34)16-37-27-14-30(29(39-2)13-24(27)31)41-22-7-9-32(10-8-22)18-35-19-32/h3-6,11-14,16,22,35H,7-10,17-19H2,1-2H3,(H,37,38). The first-order valence-electron chi connectivity index (χ1n) is 13.8. The Labute approximate surface area is 244 Å². The lowest BCUT2D eigenvalue weighted by Crippen LogP contribution is -2.55. The number of nitrogens with zero attached hydrogens (tertiary/aromatic N) is 3. The van der Waals surface area contributed by atoms with Crippen molar-refractivity contribution in [3.63, 3.8) is 0 Å². The van der Waals surface area contributed by atoms with Crippen LogP contribution in [0.1, 0.15) is 42.5 Å². The van der Waals surface area contributed by atoms with Gasteiger partial charge < -0.3 is 24.8 Å². The molecule has 0 bridgehead atoms. The average molecular weight is 570 g/mol. The van der Waals surface area contributed by atoms with Crippen molar-refractivity contribution >= 4 is 33.9 Å². The number of aryl methyl sites for hydroxylation is 1. The lowest BCUT2D eigenvalue weighted by Gasteiger charge is -2.47. The first-order valence-corrected chi connectivity index (χ1v) is 14.2. The number of pyridine rings is 2. The zero-order chi connectivity index (χ0) is 28.4. The molecule has 4 aromatic rings. The van der Waals surface area contributed by atoms with Crippen molar-refractivity contribution in [1.29, 1.82) is 5.26 Å². The van der Waals surface area contributed by atoms with Crippen LogP contribution in [0.2, 0.25) is 5.02 Å². The van der Waals surface area contributed by atoms with E-state index in [0.717, 1.165) is 42.6 Å². The van der Waals surface area contributed by atoms with Gasteiger partial charge in [-0.05, 0) is 67.9 Å². The number of methoxy groups -OCH3 is 1. The first-order chi connectivity index (χ1) is 20.0. The molecule has 1 saturated carbocycles. The second kappa shape index (κ2) is 11.4. The van der Waals surface area contributed by atoms with Crippen LogP contribution in [0, 0.1) is 23.7 Å². The summed E-state index contributed by atoms with van der Waals surface area (Å²) in [6, 6.07) is 15.3. The van der Waals surface area contributed by atoms with Gasteiger partial charge >= 0.3 is 0 Å². The molecule has 1 saturated heterocycles. The molecule has 0 radical (unpaired) electrons. The molecule has 1 aliphatic heterocycles. The summed E-state index contributed by atoms with van der Waals surface area (Å²) < 4.78 is 18.1. The highest BCUT2D eigenvalue weighted by molar-refractivity contribution is 6.33. The van der Waals surface area contributed by atoms with Gasteiger partial charge in [-0.15, -0.1) is 0 Å². The summed E-state index contributed by atoms with van der Waals surface area (Å²) >= 11 is 6.66. The number of fused-ring (bicyclic) bond motifs is 1.